The zero-order valence-corrected chi connectivity index (χ0v) is 18.7. The maximum atomic E-state index is 4.93. The summed E-state index contributed by atoms with van der Waals surface area (Å²) in [7, 11) is 0. The minimum absolute atomic E-state index is 0.339. The second-order valence-electron chi connectivity index (χ2n) is 8.15. The van der Waals surface area contributed by atoms with Gasteiger partial charge in [0.1, 0.15) is 0 Å². The van der Waals surface area contributed by atoms with Gasteiger partial charge in [0.2, 0.25) is 0 Å². The Morgan fingerprint density at radius 3 is 2.59 bits per heavy atom. The van der Waals surface area contributed by atoms with Gasteiger partial charge in [0.25, 0.3) is 0 Å². The molecule has 1 atom stereocenters. The van der Waals surface area contributed by atoms with Crippen molar-refractivity contribution in [3.8, 4) is 0 Å². The standard InChI is InChI=1S/C22H25Br2N3/c23-18-10-16-4-3-15-9-17(14-1-2-14)11-20(24)21(15)19(22(16)26-12-18)13-27-7-5-25-6-8-27/h9-12,14,19,25H,1-8,13H2/t19-/m0/s1. The van der Waals surface area contributed by atoms with E-state index in [1.807, 2.05) is 6.20 Å². The van der Waals surface area contributed by atoms with Crippen LogP contribution in [0.3, 0.4) is 0 Å². The van der Waals surface area contributed by atoms with E-state index in [0.29, 0.717) is 5.92 Å². The molecule has 0 radical (unpaired) electrons. The number of piperazine rings is 1. The smallest absolute Gasteiger partial charge is 0.0524 e. The number of aryl methyl sites for hydroxylation is 2. The number of nitrogens with zero attached hydrogens (tertiary/aromatic N) is 2. The van der Waals surface area contributed by atoms with E-state index < -0.39 is 0 Å². The predicted molar refractivity (Wildman–Crippen MR) is 117 cm³/mol. The molecule has 5 rings (SSSR count). The van der Waals surface area contributed by atoms with Crippen LogP contribution in [0.15, 0.2) is 33.3 Å². The molecule has 2 aliphatic carbocycles. The average molecular weight is 491 g/mol. The lowest BCUT2D eigenvalue weighted by molar-refractivity contribution is 0.233. The molecule has 3 aliphatic rings. The number of aromatic nitrogens is 1. The number of fused-ring (bicyclic) bond motifs is 2. The zero-order chi connectivity index (χ0) is 18.4. The van der Waals surface area contributed by atoms with Crippen molar-refractivity contribution in [2.24, 2.45) is 0 Å². The zero-order valence-electron chi connectivity index (χ0n) is 15.5. The number of rotatable bonds is 3. The van der Waals surface area contributed by atoms with E-state index >= 15 is 0 Å². The molecule has 142 valence electrons. The van der Waals surface area contributed by atoms with E-state index in [1.165, 1.54) is 45.3 Å². The number of pyridine rings is 1. The number of hydrogen-bond acceptors (Lipinski definition) is 3. The van der Waals surface area contributed by atoms with Crippen molar-refractivity contribution in [3.63, 3.8) is 0 Å². The molecule has 2 fully saturated rings. The fraction of sp³-hybridized carbons (Fsp3) is 0.500. The van der Waals surface area contributed by atoms with Crippen molar-refractivity contribution < 1.29 is 0 Å². The van der Waals surface area contributed by atoms with Gasteiger partial charge < -0.3 is 5.32 Å². The normalized spacial score (nSPS) is 22.8. The van der Waals surface area contributed by atoms with Gasteiger partial charge in [-0.15, -0.1) is 0 Å². The molecule has 2 heterocycles. The number of hydrogen-bond donors (Lipinski definition) is 1. The summed E-state index contributed by atoms with van der Waals surface area (Å²) < 4.78 is 2.38. The van der Waals surface area contributed by atoms with Gasteiger partial charge in [0.05, 0.1) is 5.69 Å². The monoisotopic (exact) mass is 489 g/mol. The molecule has 3 nitrogen and oxygen atoms in total. The van der Waals surface area contributed by atoms with Gasteiger partial charge in [-0.3, -0.25) is 9.88 Å². The lowest BCUT2D eigenvalue weighted by Gasteiger charge is -2.32. The van der Waals surface area contributed by atoms with Crippen molar-refractivity contribution in [3.05, 3.63) is 61.3 Å². The molecule has 1 aromatic carbocycles. The molecule has 1 aromatic heterocycles. The van der Waals surface area contributed by atoms with Crippen LogP contribution in [0.1, 0.15) is 52.6 Å². The van der Waals surface area contributed by atoms with Crippen molar-refractivity contribution in [2.45, 2.75) is 37.5 Å². The van der Waals surface area contributed by atoms with Gasteiger partial charge in [-0.1, -0.05) is 22.0 Å². The van der Waals surface area contributed by atoms with Crippen LogP contribution in [0.4, 0.5) is 0 Å². The summed E-state index contributed by atoms with van der Waals surface area (Å²) in [6.07, 6.45) is 6.86. The lowest BCUT2D eigenvalue weighted by atomic mass is 9.89. The number of nitrogens with one attached hydrogen (secondary N) is 1. The molecular formula is C22H25Br2N3. The van der Waals surface area contributed by atoms with Crippen LogP contribution in [-0.4, -0.2) is 42.6 Å². The van der Waals surface area contributed by atoms with Gasteiger partial charge >= 0.3 is 0 Å². The van der Waals surface area contributed by atoms with E-state index in [1.54, 1.807) is 0 Å². The van der Waals surface area contributed by atoms with E-state index in [0.717, 1.165) is 56.0 Å². The summed E-state index contributed by atoms with van der Waals surface area (Å²) >= 11 is 7.60. The molecule has 0 bridgehead atoms. The van der Waals surface area contributed by atoms with Crippen LogP contribution in [0.25, 0.3) is 0 Å². The van der Waals surface area contributed by atoms with Crippen LogP contribution in [-0.2, 0) is 12.8 Å². The Morgan fingerprint density at radius 2 is 1.81 bits per heavy atom. The molecule has 0 spiro atoms. The Kier molecular flexibility index (Phi) is 5.14. The summed E-state index contributed by atoms with van der Waals surface area (Å²) in [5, 5.41) is 3.48. The highest BCUT2D eigenvalue weighted by Gasteiger charge is 2.31. The first-order valence-electron chi connectivity index (χ1n) is 10.1. The van der Waals surface area contributed by atoms with Gasteiger partial charge in [-0.05, 0) is 81.9 Å². The second-order valence-corrected chi connectivity index (χ2v) is 9.92. The highest BCUT2D eigenvalue weighted by atomic mass is 79.9. The van der Waals surface area contributed by atoms with Crippen LogP contribution in [0, 0.1) is 0 Å². The summed E-state index contributed by atoms with van der Waals surface area (Å²) in [5.41, 5.74) is 7.21. The van der Waals surface area contributed by atoms with E-state index in [4.69, 9.17) is 4.98 Å². The van der Waals surface area contributed by atoms with E-state index in [-0.39, 0.29) is 0 Å². The molecule has 1 saturated carbocycles. The molecule has 1 saturated heterocycles. The highest BCUT2D eigenvalue weighted by molar-refractivity contribution is 9.10. The SMILES string of the molecule is Brc1cnc2c(c1)CCc1cc(C3CC3)cc(Br)c1[C@@H]2CN1CCNCC1. The van der Waals surface area contributed by atoms with Crippen LogP contribution >= 0.6 is 31.9 Å². The molecule has 0 unspecified atom stereocenters. The Balaban J connectivity index is 1.59. The Labute approximate surface area is 178 Å². The first-order valence-corrected chi connectivity index (χ1v) is 11.7. The summed E-state index contributed by atoms with van der Waals surface area (Å²) in [6, 6.07) is 7.18. The minimum Gasteiger partial charge on any atom is -0.314 e. The number of halogens is 2. The van der Waals surface area contributed by atoms with E-state index in [2.05, 4.69) is 60.3 Å². The first kappa shape index (κ1) is 18.3. The minimum atomic E-state index is 0.339. The lowest BCUT2D eigenvalue weighted by Crippen LogP contribution is -2.45. The fourth-order valence-corrected chi connectivity index (χ4v) is 5.86. The quantitative estimate of drug-likeness (QED) is 0.680. The summed E-state index contributed by atoms with van der Waals surface area (Å²) in [6.45, 7) is 5.46. The van der Waals surface area contributed by atoms with Gasteiger partial charge in [0.15, 0.2) is 0 Å². The average Bonchev–Trinajstić information content (AvgIpc) is 3.51. The topological polar surface area (TPSA) is 28.2 Å². The molecule has 0 amide bonds. The van der Waals surface area contributed by atoms with E-state index in [9.17, 15) is 0 Å². The third-order valence-electron chi connectivity index (χ3n) is 6.25. The Bertz CT molecular complexity index is 857. The van der Waals surface area contributed by atoms with Crippen LogP contribution in [0.2, 0.25) is 0 Å². The molecule has 2 aromatic rings. The fourth-order valence-electron chi connectivity index (χ4n) is 4.69. The van der Waals surface area contributed by atoms with Gasteiger partial charge in [-0.2, -0.15) is 0 Å². The summed E-state index contributed by atoms with van der Waals surface area (Å²) in [5.74, 6) is 1.13. The maximum absolute atomic E-state index is 4.93. The third kappa shape index (κ3) is 3.76. The van der Waals surface area contributed by atoms with Crippen molar-refractivity contribution in [2.75, 3.05) is 32.7 Å². The molecule has 5 heteroatoms. The largest absolute Gasteiger partial charge is 0.314 e. The highest BCUT2D eigenvalue weighted by Crippen LogP contribution is 2.45. The van der Waals surface area contributed by atoms with Gasteiger partial charge in [0, 0.05) is 53.8 Å². The maximum Gasteiger partial charge on any atom is 0.0524 e. The third-order valence-corrected chi connectivity index (χ3v) is 7.34. The Hall–Kier alpha value is -0.750. The first-order chi connectivity index (χ1) is 13.2. The molecule has 27 heavy (non-hydrogen) atoms. The summed E-state index contributed by atoms with van der Waals surface area (Å²) in [4.78, 5) is 7.53. The second kappa shape index (κ2) is 7.58. The Morgan fingerprint density at radius 1 is 1.04 bits per heavy atom. The van der Waals surface area contributed by atoms with Crippen molar-refractivity contribution >= 4 is 31.9 Å². The molecule has 1 aliphatic heterocycles. The number of benzene rings is 1. The van der Waals surface area contributed by atoms with Crippen LogP contribution < -0.4 is 5.32 Å². The van der Waals surface area contributed by atoms with Gasteiger partial charge in [-0.25, -0.2) is 0 Å². The van der Waals surface area contributed by atoms with Crippen molar-refractivity contribution in [1.29, 1.82) is 0 Å². The molecular weight excluding hydrogens is 466 g/mol. The van der Waals surface area contributed by atoms with Crippen LogP contribution in [0.5, 0.6) is 0 Å². The molecule has 1 N–H and O–H groups in total. The van der Waals surface area contributed by atoms with Crippen molar-refractivity contribution in [1.82, 2.24) is 15.2 Å². The predicted octanol–water partition coefficient (Wildman–Crippen LogP) is 4.62.